The summed E-state index contributed by atoms with van der Waals surface area (Å²) in [7, 11) is -0.839. The lowest BCUT2D eigenvalue weighted by Crippen LogP contribution is -2.32. The third kappa shape index (κ3) is 4.92. The highest BCUT2D eigenvalue weighted by atomic mass is 35.5. The number of ether oxygens (including phenoxy) is 2. The van der Waals surface area contributed by atoms with Gasteiger partial charge in [0.2, 0.25) is 16.0 Å². The molecule has 0 spiro atoms. The molecule has 0 radical (unpaired) electrons. The van der Waals surface area contributed by atoms with E-state index in [2.05, 4.69) is 24.9 Å². The van der Waals surface area contributed by atoms with Crippen molar-refractivity contribution in [3.8, 4) is 17.2 Å². The molecule has 2 unspecified atom stereocenters. The average molecular weight is 521 g/mol. The number of nitrogens with zero attached hydrogens (tertiary/aromatic N) is 5. The first-order valence-electron chi connectivity index (χ1n) is 11.3. The molecule has 1 aromatic carbocycles. The van der Waals surface area contributed by atoms with Crippen LogP contribution in [0, 0.1) is 6.92 Å². The number of hydrogen-bond acceptors (Lipinski definition) is 8. The molecular formula is C23H29ClN6O4S. The Morgan fingerprint density at radius 2 is 1.69 bits per heavy atom. The van der Waals surface area contributed by atoms with Crippen molar-refractivity contribution in [2.75, 3.05) is 18.9 Å². The van der Waals surface area contributed by atoms with Gasteiger partial charge >= 0.3 is 0 Å². The van der Waals surface area contributed by atoms with Crippen LogP contribution in [-0.4, -0.2) is 58.0 Å². The van der Waals surface area contributed by atoms with E-state index < -0.39 is 21.2 Å². The van der Waals surface area contributed by atoms with Crippen LogP contribution < -0.4 is 14.2 Å². The summed E-state index contributed by atoms with van der Waals surface area (Å²) < 4.78 is 42.4. The molecule has 2 heterocycles. The summed E-state index contributed by atoms with van der Waals surface area (Å²) in [5, 5.41) is 7.76. The molecular weight excluding hydrogens is 492 g/mol. The van der Waals surface area contributed by atoms with E-state index in [1.54, 1.807) is 49.0 Å². The van der Waals surface area contributed by atoms with Crippen molar-refractivity contribution in [2.24, 2.45) is 0 Å². The Morgan fingerprint density at radius 3 is 2.23 bits per heavy atom. The summed E-state index contributed by atoms with van der Waals surface area (Å²) >= 11 is 6.24. The smallest absolute Gasteiger partial charge is 0.243 e. The average Bonchev–Trinajstić information content (AvgIpc) is 3.22. The Balaban J connectivity index is 1.75. The summed E-state index contributed by atoms with van der Waals surface area (Å²) in [5.74, 6) is 1.62. The van der Waals surface area contributed by atoms with Gasteiger partial charge in [-0.1, -0.05) is 13.0 Å². The van der Waals surface area contributed by atoms with E-state index in [4.69, 9.17) is 21.1 Å². The van der Waals surface area contributed by atoms with Gasteiger partial charge in [-0.2, -0.15) is 0 Å². The first-order valence-corrected chi connectivity index (χ1v) is 13.3. The highest BCUT2D eigenvalue weighted by molar-refractivity contribution is 7.93. The van der Waals surface area contributed by atoms with Crippen LogP contribution in [0.5, 0.6) is 11.5 Å². The zero-order valence-corrected chi connectivity index (χ0v) is 21.8. The molecule has 2 aromatic heterocycles. The fourth-order valence-electron chi connectivity index (χ4n) is 4.00. The number of benzene rings is 1. The van der Waals surface area contributed by atoms with Gasteiger partial charge < -0.3 is 9.47 Å². The summed E-state index contributed by atoms with van der Waals surface area (Å²) in [6, 6.07) is 5.33. The van der Waals surface area contributed by atoms with Gasteiger partial charge in [0.1, 0.15) is 28.8 Å². The lowest BCUT2D eigenvalue weighted by molar-refractivity contribution is 0.382. The lowest BCUT2D eigenvalue weighted by atomic mass is 9.84. The predicted octanol–water partition coefficient (Wildman–Crippen LogP) is 3.80. The molecule has 0 bridgehead atoms. The van der Waals surface area contributed by atoms with E-state index in [0.29, 0.717) is 41.7 Å². The number of sulfonamides is 1. The molecule has 1 fully saturated rings. The van der Waals surface area contributed by atoms with Crippen LogP contribution in [0.2, 0.25) is 0 Å². The number of anilines is 1. The summed E-state index contributed by atoms with van der Waals surface area (Å²) in [6.07, 6.45) is 4.76. The van der Waals surface area contributed by atoms with Crippen LogP contribution in [0.15, 0.2) is 30.6 Å². The van der Waals surface area contributed by atoms with Crippen LogP contribution in [0.3, 0.4) is 0 Å². The standard InChI is InChI=1S/C23H29ClN6O4S/c1-13-11-25-21(26-12-13)14(2)15(3)35(31,32)29-23-28-27-22(16-9-17(24)10-16)30(23)20-18(33-4)7-6-8-19(20)34-5/h6-8,11-12,14-17H,9-10H2,1-5H3,(H,28,29). The van der Waals surface area contributed by atoms with Crippen molar-refractivity contribution < 1.29 is 17.9 Å². The Morgan fingerprint density at radius 1 is 1.09 bits per heavy atom. The van der Waals surface area contributed by atoms with Gasteiger partial charge in [0.15, 0.2) is 0 Å². The minimum atomic E-state index is -3.91. The number of methoxy groups -OCH3 is 2. The molecule has 1 aliphatic carbocycles. The first-order chi connectivity index (χ1) is 16.7. The van der Waals surface area contributed by atoms with Gasteiger partial charge in [-0.25, -0.2) is 18.4 Å². The molecule has 35 heavy (non-hydrogen) atoms. The van der Waals surface area contributed by atoms with Gasteiger partial charge in [0, 0.05) is 29.6 Å². The maximum absolute atomic E-state index is 13.5. The van der Waals surface area contributed by atoms with Gasteiger partial charge in [0.25, 0.3) is 0 Å². The highest BCUT2D eigenvalue weighted by Crippen LogP contribution is 2.43. The zero-order chi connectivity index (χ0) is 25.3. The van der Waals surface area contributed by atoms with Crippen LogP contribution in [0.4, 0.5) is 5.95 Å². The van der Waals surface area contributed by atoms with Crippen LogP contribution in [0.1, 0.15) is 55.7 Å². The molecule has 10 nitrogen and oxygen atoms in total. The van der Waals surface area contributed by atoms with Crippen LogP contribution in [0.25, 0.3) is 5.69 Å². The minimum absolute atomic E-state index is 0.0233. The maximum Gasteiger partial charge on any atom is 0.243 e. The molecule has 1 aliphatic rings. The number of alkyl halides is 1. The molecule has 12 heteroatoms. The van der Waals surface area contributed by atoms with Crippen molar-refractivity contribution in [1.29, 1.82) is 0 Å². The summed E-state index contributed by atoms with van der Waals surface area (Å²) in [4.78, 5) is 8.60. The SMILES string of the molecule is COc1cccc(OC)c1-n1c(NS(=O)(=O)C(C)C(C)c2ncc(C)cn2)nnc1C1CC(Cl)C1. The molecule has 2 atom stereocenters. The quantitative estimate of drug-likeness (QED) is 0.423. The molecule has 3 aromatic rings. The molecule has 0 amide bonds. The number of aromatic nitrogens is 5. The highest BCUT2D eigenvalue weighted by Gasteiger charge is 2.37. The normalized spacial score (nSPS) is 19.5. The first kappa shape index (κ1) is 25.2. The summed E-state index contributed by atoms with van der Waals surface area (Å²) in [5.41, 5.74) is 1.41. The van der Waals surface area contributed by atoms with Crippen molar-refractivity contribution in [1.82, 2.24) is 24.7 Å². The van der Waals surface area contributed by atoms with E-state index in [9.17, 15) is 8.42 Å². The minimum Gasteiger partial charge on any atom is -0.494 e. The fourth-order valence-corrected chi connectivity index (χ4v) is 5.66. The second-order valence-corrected chi connectivity index (χ2v) is 11.4. The monoisotopic (exact) mass is 520 g/mol. The Bertz CT molecular complexity index is 1270. The largest absolute Gasteiger partial charge is 0.494 e. The van der Waals surface area contributed by atoms with E-state index >= 15 is 0 Å². The Hall–Kier alpha value is -2.92. The van der Waals surface area contributed by atoms with E-state index in [1.165, 1.54) is 14.2 Å². The number of para-hydroxylation sites is 1. The third-order valence-corrected chi connectivity index (χ3v) is 8.61. The molecule has 1 N–H and O–H groups in total. The topological polar surface area (TPSA) is 121 Å². The third-order valence-electron chi connectivity index (χ3n) is 6.39. The van der Waals surface area contributed by atoms with Gasteiger partial charge in [-0.3, -0.25) is 9.29 Å². The molecule has 4 rings (SSSR count). The van der Waals surface area contributed by atoms with Gasteiger partial charge in [-0.05, 0) is 44.4 Å². The zero-order valence-electron chi connectivity index (χ0n) is 20.3. The number of halogens is 1. The van der Waals surface area contributed by atoms with Crippen LogP contribution >= 0.6 is 11.6 Å². The van der Waals surface area contributed by atoms with Crippen molar-refractivity contribution in [3.05, 3.63) is 47.8 Å². The fraction of sp³-hybridized carbons (Fsp3) is 0.478. The predicted molar refractivity (Wildman–Crippen MR) is 133 cm³/mol. The van der Waals surface area contributed by atoms with Crippen molar-refractivity contribution >= 4 is 27.6 Å². The molecule has 1 saturated carbocycles. The van der Waals surface area contributed by atoms with Crippen molar-refractivity contribution in [2.45, 2.75) is 56.1 Å². The number of nitrogens with one attached hydrogen (secondary N) is 1. The van der Waals surface area contributed by atoms with E-state index in [1.807, 2.05) is 6.92 Å². The lowest BCUT2D eigenvalue weighted by Gasteiger charge is -2.30. The molecule has 188 valence electrons. The Labute approximate surface area is 210 Å². The second kappa shape index (κ2) is 9.98. The number of rotatable bonds is 9. The van der Waals surface area contributed by atoms with Gasteiger partial charge in [-0.15, -0.1) is 21.8 Å². The Kier molecular flexibility index (Phi) is 7.18. The molecule has 0 aliphatic heterocycles. The van der Waals surface area contributed by atoms with Crippen molar-refractivity contribution in [3.63, 3.8) is 0 Å². The summed E-state index contributed by atoms with van der Waals surface area (Å²) in [6.45, 7) is 5.27. The second-order valence-electron chi connectivity index (χ2n) is 8.75. The number of hydrogen-bond donors (Lipinski definition) is 1. The number of aryl methyl sites for hydroxylation is 1. The maximum atomic E-state index is 13.5. The van der Waals surface area contributed by atoms with E-state index in [0.717, 1.165) is 5.56 Å². The van der Waals surface area contributed by atoms with E-state index in [-0.39, 0.29) is 17.2 Å². The molecule has 0 saturated heterocycles. The van der Waals surface area contributed by atoms with Crippen LogP contribution in [-0.2, 0) is 10.0 Å². The van der Waals surface area contributed by atoms with Gasteiger partial charge in [0.05, 0.1) is 19.5 Å².